The topological polar surface area (TPSA) is 45.6 Å². The second kappa shape index (κ2) is 8.98. The van der Waals surface area contributed by atoms with Gasteiger partial charge in [-0.05, 0) is 48.5 Å². The molecule has 126 valence electrons. The smallest absolute Gasteiger partial charge is 0.187 e. The van der Waals surface area contributed by atoms with Gasteiger partial charge in [-0.3, -0.25) is 5.43 Å². The Kier molecular flexibility index (Phi) is 6.69. The largest absolute Gasteiger partial charge is 0.496 e. The van der Waals surface area contributed by atoms with E-state index in [-0.39, 0.29) is 5.82 Å². The molecule has 0 aliphatic carbocycles. The van der Waals surface area contributed by atoms with Crippen LogP contribution in [0.25, 0.3) is 0 Å². The van der Waals surface area contributed by atoms with E-state index in [0.717, 1.165) is 22.6 Å². The van der Waals surface area contributed by atoms with Gasteiger partial charge in [-0.25, -0.2) is 4.39 Å². The number of hydrogen-bond acceptors (Lipinski definition) is 3. The monoisotopic (exact) mass is 345 g/mol. The van der Waals surface area contributed by atoms with Gasteiger partial charge in [0.1, 0.15) is 11.6 Å². The molecule has 0 atom stereocenters. The second-order valence-corrected chi connectivity index (χ2v) is 5.66. The summed E-state index contributed by atoms with van der Waals surface area (Å²) in [4.78, 5) is 0. The molecular formula is C18H20FN3OS. The number of halogens is 1. The fourth-order valence-corrected chi connectivity index (χ4v) is 2.25. The van der Waals surface area contributed by atoms with Crippen molar-refractivity contribution >= 4 is 23.0 Å². The number of nitrogens with zero attached hydrogens (tertiary/aromatic N) is 1. The van der Waals surface area contributed by atoms with Crippen molar-refractivity contribution in [2.45, 2.75) is 19.9 Å². The molecule has 2 N–H and O–H groups in total. The maximum Gasteiger partial charge on any atom is 0.187 e. The van der Waals surface area contributed by atoms with Gasteiger partial charge < -0.3 is 10.1 Å². The normalized spacial score (nSPS) is 11.0. The van der Waals surface area contributed by atoms with Crippen molar-refractivity contribution in [3.8, 4) is 5.75 Å². The molecule has 24 heavy (non-hydrogen) atoms. The molecule has 2 rings (SSSR count). The molecular weight excluding hydrogens is 325 g/mol. The van der Waals surface area contributed by atoms with Gasteiger partial charge in [-0.15, -0.1) is 0 Å². The van der Waals surface area contributed by atoms with Gasteiger partial charge >= 0.3 is 0 Å². The van der Waals surface area contributed by atoms with Gasteiger partial charge in [0, 0.05) is 18.7 Å². The lowest BCUT2D eigenvalue weighted by Crippen LogP contribution is -2.32. The SMILES string of the molecule is COc1ccccc1C/C(C)=N\NC(=S)NCc1ccc(F)cc1. The van der Waals surface area contributed by atoms with Crippen molar-refractivity contribution < 1.29 is 9.13 Å². The van der Waals surface area contributed by atoms with Crippen molar-refractivity contribution in [2.75, 3.05) is 7.11 Å². The van der Waals surface area contributed by atoms with Gasteiger partial charge in [-0.2, -0.15) is 5.10 Å². The van der Waals surface area contributed by atoms with Crippen LogP contribution >= 0.6 is 12.2 Å². The molecule has 0 unspecified atom stereocenters. The minimum Gasteiger partial charge on any atom is -0.496 e. The maximum atomic E-state index is 12.8. The van der Waals surface area contributed by atoms with E-state index in [9.17, 15) is 4.39 Å². The van der Waals surface area contributed by atoms with Crippen LogP contribution in [0.4, 0.5) is 4.39 Å². The highest BCUT2D eigenvalue weighted by Gasteiger charge is 2.03. The fraction of sp³-hybridized carbons (Fsp3) is 0.222. The first-order valence-electron chi connectivity index (χ1n) is 7.52. The Hall–Kier alpha value is -2.47. The maximum absolute atomic E-state index is 12.8. The van der Waals surface area contributed by atoms with Crippen LogP contribution in [-0.2, 0) is 13.0 Å². The van der Waals surface area contributed by atoms with E-state index in [0.29, 0.717) is 18.1 Å². The highest BCUT2D eigenvalue weighted by Crippen LogP contribution is 2.17. The van der Waals surface area contributed by atoms with Crippen LogP contribution < -0.4 is 15.5 Å². The van der Waals surface area contributed by atoms with Crippen molar-refractivity contribution in [1.29, 1.82) is 0 Å². The van der Waals surface area contributed by atoms with Gasteiger partial charge in [0.15, 0.2) is 5.11 Å². The Bertz CT molecular complexity index is 716. The van der Waals surface area contributed by atoms with Gasteiger partial charge in [0.05, 0.1) is 7.11 Å². The number of rotatable bonds is 6. The molecule has 2 aromatic carbocycles. The first kappa shape index (κ1) is 17.9. The molecule has 0 aliphatic rings. The van der Waals surface area contributed by atoms with Crippen molar-refractivity contribution in [2.24, 2.45) is 5.10 Å². The highest BCUT2D eigenvalue weighted by atomic mass is 32.1. The van der Waals surface area contributed by atoms with Crippen molar-refractivity contribution in [1.82, 2.24) is 10.7 Å². The van der Waals surface area contributed by atoms with E-state index in [4.69, 9.17) is 17.0 Å². The molecule has 0 aliphatic heterocycles. The van der Waals surface area contributed by atoms with Crippen LogP contribution in [0, 0.1) is 5.82 Å². The zero-order valence-electron chi connectivity index (χ0n) is 13.7. The molecule has 0 radical (unpaired) electrons. The Morgan fingerprint density at radius 2 is 1.88 bits per heavy atom. The third-order valence-corrected chi connectivity index (χ3v) is 3.59. The minimum absolute atomic E-state index is 0.254. The molecule has 2 aromatic rings. The molecule has 0 saturated heterocycles. The molecule has 6 heteroatoms. The molecule has 0 spiro atoms. The van der Waals surface area contributed by atoms with Crippen LogP contribution in [0.2, 0.25) is 0 Å². The van der Waals surface area contributed by atoms with Crippen LogP contribution in [-0.4, -0.2) is 17.9 Å². The Labute approximate surface area is 146 Å². The Morgan fingerprint density at radius 3 is 2.58 bits per heavy atom. The number of hydrogen-bond donors (Lipinski definition) is 2. The number of methoxy groups -OCH3 is 1. The third kappa shape index (κ3) is 5.62. The lowest BCUT2D eigenvalue weighted by atomic mass is 10.1. The molecule has 0 saturated carbocycles. The highest BCUT2D eigenvalue weighted by molar-refractivity contribution is 7.80. The summed E-state index contributed by atoms with van der Waals surface area (Å²) in [6.07, 6.45) is 0.664. The standard InChI is InChI=1S/C18H20FN3OS/c1-13(11-15-5-3-4-6-17(15)23-2)21-22-18(24)20-12-14-7-9-16(19)10-8-14/h3-10H,11-12H2,1-2H3,(H2,20,22,24)/b21-13-. The number of para-hydroxylation sites is 1. The summed E-state index contributed by atoms with van der Waals surface area (Å²) in [6.45, 7) is 2.43. The van der Waals surface area contributed by atoms with E-state index in [1.165, 1.54) is 12.1 Å². The summed E-state index contributed by atoms with van der Waals surface area (Å²) in [5.41, 5.74) is 5.70. The summed E-state index contributed by atoms with van der Waals surface area (Å²) < 4.78 is 18.2. The Balaban J connectivity index is 1.83. The zero-order valence-corrected chi connectivity index (χ0v) is 14.5. The lowest BCUT2D eigenvalue weighted by Gasteiger charge is -2.10. The molecule has 0 bridgehead atoms. The van der Waals surface area contributed by atoms with E-state index < -0.39 is 0 Å². The van der Waals surface area contributed by atoms with Crippen LogP contribution in [0.5, 0.6) is 5.75 Å². The predicted octanol–water partition coefficient (Wildman–Crippen LogP) is 3.42. The average Bonchev–Trinajstić information content (AvgIpc) is 2.60. The first-order valence-corrected chi connectivity index (χ1v) is 7.92. The molecule has 0 heterocycles. The summed E-state index contributed by atoms with van der Waals surface area (Å²) in [5.74, 6) is 0.583. The zero-order chi connectivity index (χ0) is 17.4. The van der Waals surface area contributed by atoms with Crippen molar-refractivity contribution in [3.05, 3.63) is 65.5 Å². The summed E-state index contributed by atoms with van der Waals surface area (Å²) >= 11 is 5.18. The number of nitrogens with one attached hydrogen (secondary N) is 2. The van der Waals surface area contributed by atoms with Gasteiger partial charge in [0.2, 0.25) is 0 Å². The number of hydrazone groups is 1. The summed E-state index contributed by atoms with van der Waals surface area (Å²) in [6, 6.07) is 14.1. The quantitative estimate of drug-likeness (QED) is 0.478. The fourth-order valence-electron chi connectivity index (χ4n) is 2.13. The third-order valence-electron chi connectivity index (χ3n) is 3.35. The molecule has 0 aromatic heterocycles. The van der Waals surface area contributed by atoms with Crippen LogP contribution in [0.3, 0.4) is 0 Å². The summed E-state index contributed by atoms with van der Waals surface area (Å²) in [7, 11) is 1.65. The summed E-state index contributed by atoms with van der Waals surface area (Å²) in [5, 5.41) is 7.71. The Morgan fingerprint density at radius 1 is 1.17 bits per heavy atom. The van der Waals surface area contributed by atoms with E-state index >= 15 is 0 Å². The predicted molar refractivity (Wildman–Crippen MR) is 98.8 cm³/mol. The van der Waals surface area contributed by atoms with Crippen LogP contribution in [0.15, 0.2) is 53.6 Å². The first-order chi connectivity index (χ1) is 11.6. The molecule has 0 fully saturated rings. The number of ether oxygens (including phenoxy) is 1. The second-order valence-electron chi connectivity index (χ2n) is 5.26. The molecule has 4 nitrogen and oxygen atoms in total. The van der Waals surface area contributed by atoms with E-state index in [1.807, 2.05) is 31.2 Å². The minimum atomic E-state index is -0.254. The van der Waals surface area contributed by atoms with E-state index in [1.54, 1.807) is 19.2 Å². The van der Waals surface area contributed by atoms with Crippen LogP contribution in [0.1, 0.15) is 18.1 Å². The lowest BCUT2D eigenvalue weighted by molar-refractivity contribution is 0.411. The molecule has 0 amide bonds. The number of benzene rings is 2. The van der Waals surface area contributed by atoms with Gasteiger partial charge in [-0.1, -0.05) is 30.3 Å². The van der Waals surface area contributed by atoms with Gasteiger partial charge in [0.25, 0.3) is 0 Å². The number of thiocarbonyl (C=S) groups is 1. The van der Waals surface area contributed by atoms with E-state index in [2.05, 4.69) is 15.8 Å². The van der Waals surface area contributed by atoms with Crippen molar-refractivity contribution in [3.63, 3.8) is 0 Å². The average molecular weight is 345 g/mol.